The summed E-state index contributed by atoms with van der Waals surface area (Å²) >= 11 is 0. The lowest BCUT2D eigenvalue weighted by atomic mass is 9.43. The van der Waals surface area contributed by atoms with Crippen molar-refractivity contribution < 1.29 is 9.31 Å². The van der Waals surface area contributed by atoms with E-state index in [1.807, 2.05) is 0 Å². The molecule has 4 bridgehead atoms. The highest BCUT2D eigenvalue weighted by molar-refractivity contribution is 6.62. The van der Waals surface area contributed by atoms with E-state index < -0.39 is 0 Å². The van der Waals surface area contributed by atoms with E-state index in [0.29, 0.717) is 0 Å². The molecule has 3 nitrogen and oxygen atoms in total. The zero-order valence-electron chi connectivity index (χ0n) is 26.3. The summed E-state index contributed by atoms with van der Waals surface area (Å²) < 4.78 is 15.5. The van der Waals surface area contributed by atoms with Gasteiger partial charge in [0.1, 0.15) is 0 Å². The van der Waals surface area contributed by atoms with Crippen LogP contribution in [0.2, 0.25) is 0 Å². The monoisotopic (exact) mass is 577 g/mol. The molecule has 6 aliphatic rings. The summed E-state index contributed by atoms with van der Waals surface area (Å²) in [6.45, 7) is 8.51. The lowest BCUT2D eigenvalue weighted by molar-refractivity contribution is -0.0399. The highest BCUT2D eigenvalue weighted by Crippen LogP contribution is 2.69. The van der Waals surface area contributed by atoms with Gasteiger partial charge in [-0.3, -0.25) is 0 Å². The Bertz CT molecular complexity index is 1970. The van der Waals surface area contributed by atoms with Crippen LogP contribution in [0.15, 0.2) is 84.9 Å². The molecular weight excluding hydrogens is 537 g/mol. The summed E-state index contributed by atoms with van der Waals surface area (Å²) in [4.78, 5) is 0. The van der Waals surface area contributed by atoms with Crippen LogP contribution >= 0.6 is 0 Å². The molecule has 11 rings (SSSR count). The maximum absolute atomic E-state index is 6.48. The van der Waals surface area contributed by atoms with Gasteiger partial charge in [0.15, 0.2) is 0 Å². The Kier molecular flexibility index (Phi) is 4.99. The molecule has 4 heteroatoms. The minimum absolute atomic E-state index is 0.165. The largest absolute Gasteiger partial charge is 0.494 e. The first-order chi connectivity index (χ1) is 21.3. The summed E-state index contributed by atoms with van der Waals surface area (Å²) in [5.74, 6) is 3.41. The minimum atomic E-state index is -0.379. The Morgan fingerprint density at radius 3 is 2.02 bits per heavy atom. The Morgan fingerprint density at radius 2 is 1.27 bits per heavy atom. The average Bonchev–Trinajstić information content (AvgIpc) is 3.58. The maximum atomic E-state index is 6.48. The lowest BCUT2D eigenvalue weighted by Crippen LogP contribution is -2.55. The van der Waals surface area contributed by atoms with Crippen molar-refractivity contribution in [2.75, 3.05) is 0 Å². The summed E-state index contributed by atoms with van der Waals surface area (Å²) in [5, 5.41) is 2.52. The Hall–Kier alpha value is -3.34. The van der Waals surface area contributed by atoms with Crippen LogP contribution in [0.3, 0.4) is 0 Å². The van der Waals surface area contributed by atoms with Gasteiger partial charge in [-0.2, -0.15) is 0 Å². The molecule has 0 atom stereocenters. The smallest absolute Gasteiger partial charge is 0.399 e. The first-order valence-corrected chi connectivity index (χ1v) is 16.9. The summed E-state index contributed by atoms with van der Waals surface area (Å²) in [6, 6.07) is 32.5. The molecule has 220 valence electrons. The number of para-hydroxylation sites is 1. The molecule has 1 saturated heterocycles. The van der Waals surface area contributed by atoms with E-state index >= 15 is 0 Å². The van der Waals surface area contributed by atoms with E-state index in [0.717, 1.165) is 29.1 Å². The molecule has 0 N–H and O–H groups in total. The van der Waals surface area contributed by atoms with Crippen molar-refractivity contribution in [3.05, 3.63) is 96.1 Å². The van der Waals surface area contributed by atoms with Gasteiger partial charge in [-0.25, -0.2) is 0 Å². The third kappa shape index (κ3) is 3.12. The van der Waals surface area contributed by atoms with Crippen LogP contribution in [0, 0.1) is 23.7 Å². The van der Waals surface area contributed by atoms with Gasteiger partial charge in [-0.15, -0.1) is 0 Å². The maximum Gasteiger partial charge on any atom is 0.494 e. The van der Waals surface area contributed by atoms with Gasteiger partial charge in [0.05, 0.1) is 27.9 Å². The van der Waals surface area contributed by atoms with Crippen LogP contribution in [-0.4, -0.2) is 22.9 Å². The van der Waals surface area contributed by atoms with E-state index in [-0.39, 0.29) is 23.7 Å². The van der Waals surface area contributed by atoms with Crippen LogP contribution in [0.5, 0.6) is 0 Å². The van der Waals surface area contributed by atoms with Crippen molar-refractivity contribution in [2.45, 2.75) is 76.4 Å². The third-order valence-corrected chi connectivity index (χ3v) is 13.0. The van der Waals surface area contributed by atoms with Gasteiger partial charge in [0, 0.05) is 21.8 Å². The minimum Gasteiger partial charge on any atom is -0.399 e. The fourth-order valence-electron chi connectivity index (χ4n) is 10.7. The number of hydrogen-bond donors (Lipinski definition) is 0. The van der Waals surface area contributed by atoms with Crippen molar-refractivity contribution >= 4 is 34.4 Å². The molecule has 44 heavy (non-hydrogen) atoms. The molecule has 0 amide bonds. The quantitative estimate of drug-likeness (QED) is 0.196. The molecule has 1 aromatic heterocycles. The van der Waals surface area contributed by atoms with Gasteiger partial charge in [0.2, 0.25) is 0 Å². The van der Waals surface area contributed by atoms with E-state index in [9.17, 15) is 0 Å². The third-order valence-electron chi connectivity index (χ3n) is 13.0. The van der Waals surface area contributed by atoms with Crippen molar-refractivity contribution in [3.63, 3.8) is 0 Å². The number of rotatable bonds is 2. The van der Waals surface area contributed by atoms with E-state index in [1.54, 1.807) is 11.1 Å². The molecule has 0 radical (unpaired) electrons. The molecule has 5 aliphatic carbocycles. The second kappa shape index (κ2) is 8.47. The summed E-state index contributed by atoms with van der Waals surface area (Å²) in [7, 11) is -0.379. The molecule has 5 fully saturated rings. The average molecular weight is 578 g/mol. The van der Waals surface area contributed by atoms with Crippen molar-refractivity contribution in [1.82, 2.24) is 4.57 Å². The highest BCUT2D eigenvalue weighted by atomic mass is 16.7. The summed E-state index contributed by atoms with van der Waals surface area (Å²) in [5.41, 5.74) is 10.5. The SMILES string of the molecule is CC1(C)OB(c2ccc3c(c2)c2ccccc2n3-c2cccc3c2-c2ccccc2C32C3CC4CC(C3)CC2C4)OC1(C)C. The van der Waals surface area contributed by atoms with Crippen LogP contribution < -0.4 is 5.46 Å². The predicted molar refractivity (Wildman–Crippen MR) is 180 cm³/mol. The number of hydrogen-bond acceptors (Lipinski definition) is 2. The van der Waals surface area contributed by atoms with Crippen molar-refractivity contribution in [2.24, 2.45) is 23.7 Å². The van der Waals surface area contributed by atoms with Gasteiger partial charge < -0.3 is 13.9 Å². The number of benzene rings is 4. The van der Waals surface area contributed by atoms with Crippen LogP contribution in [0.4, 0.5) is 0 Å². The molecule has 2 heterocycles. The molecule has 4 aromatic carbocycles. The predicted octanol–water partition coefficient (Wildman–Crippen LogP) is 8.81. The number of nitrogens with zero attached hydrogens (tertiary/aromatic N) is 1. The van der Waals surface area contributed by atoms with Gasteiger partial charge in [0.25, 0.3) is 0 Å². The zero-order valence-corrected chi connectivity index (χ0v) is 26.3. The summed E-state index contributed by atoms with van der Waals surface area (Å²) in [6.07, 6.45) is 7.10. The van der Waals surface area contributed by atoms with E-state index in [1.165, 1.54) is 70.7 Å². The lowest BCUT2D eigenvalue weighted by Gasteiger charge is -2.61. The number of aromatic nitrogens is 1. The molecular formula is C40H40BNO2. The Labute approximate surface area is 260 Å². The van der Waals surface area contributed by atoms with Gasteiger partial charge >= 0.3 is 7.12 Å². The molecule has 5 aromatic rings. The first-order valence-electron chi connectivity index (χ1n) is 16.9. The topological polar surface area (TPSA) is 23.4 Å². The van der Waals surface area contributed by atoms with Gasteiger partial charge in [-0.1, -0.05) is 66.7 Å². The second-order valence-corrected chi connectivity index (χ2v) is 15.6. The fraction of sp³-hybridized carbons (Fsp3) is 0.400. The second-order valence-electron chi connectivity index (χ2n) is 15.6. The molecule has 1 aliphatic heterocycles. The number of fused-ring (bicyclic) bond motifs is 6. The van der Waals surface area contributed by atoms with Crippen LogP contribution in [-0.2, 0) is 14.7 Å². The standard InChI is InChI=1S/C40H40BNO2/c1-38(2)39(3,4)44-41(43-38)28-16-17-35-31(23-28)29-10-6-8-14-34(29)42(35)36-15-9-13-33-37(36)30-11-5-7-12-32(30)40(33)26-19-24-18-25(21-26)22-27(40)20-24/h5-17,23-27H,18-22H2,1-4H3. The Morgan fingerprint density at radius 1 is 0.636 bits per heavy atom. The van der Waals surface area contributed by atoms with Crippen molar-refractivity contribution in [1.29, 1.82) is 0 Å². The van der Waals surface area contributed by atoms with E-state index in [2.05, 4.69) is 117 Å². The Balaban J connectivity index is 1.21. The van der Waals surface area contributed by atoms with E-state index in [4.69, 9.17) is 9.31 Å². The van der Waals surface area contributed by atoms with Crippen LogP contribution in [0.1, 0.15) is 70.9 Å². The highest BCUT2D eigenvalue weighted by Gasteiger charge is 2.61. The van der Waals surface area contributed by atoms with Crippen molar-refractivity contribution in [3.8, 4) is 16.8 Å². The first kappa shape index (κ1) is 25.9. The van der Waals surface area contributed by atoms with Crippen LogP contribution in [0.25, 0.3) is 38.6 Å². The zero-order chi connectivity index (χ0) is 29.6. The molecule has 4 saturated carbocycles. The normalized spacial score (nSPS) is 30.5. The van der Waals surface area contributed by atoms with Gasteiger partial charge in [-0.05, 0) is 124 Å². The molecule has 1 spiro atoms. The molecule has 0 unspecified atom stereocenters. The fourth-order valence-corrected chi connectivity index (χ4v) is 10.7.